The minimum Gasteiger partial charge on any atom is -0.206 e. The van der Waals surface area contributed by atoms with E-state index in [0.29, 0.717) is 16.3 Å². The van der Waals surface area contributed by atoms with Gasteiger partial charge < -0.3 is 0 Å². The number of benzene rings is 1. The van der Waals surface area contributed by atoms with E-state index in [-0.39, 0.29) is 5.82 Å². The molecule has 0 spiro atoms. The summed E-state index contributed by atoms with van der Waals surface area (Å²) in [5.41, 5.74) is 1.72. The van der Waals surface area contributed by atoms with Gasteiger partial charge in [0, 0.05) is 10.6 Å². The van der Waals surface area contributed by atoms with E-state index < -0.39 is 0 Å². The van der Waals surface area contributed by atoms with Gasteiger partial charge in [-0.25, -0.2) is 4.39 Å². The Morgan fingerprint density at radius 2 is 1.93 bits per heavy atom. The Hall–Kier alpha value is -1.48. The quantitative estimate of drug-likeness (QED) is 0.740. The van der Waals surface area contributed by atoms with Crippen LogP contribution in [0.4, 0.5) is 4.39 Å². The number of rotatable bonds is 1. The van der Waals surface area contributed by atoms with Gasteiger partial charge in [0.1, 0.15) is 5.82 Å². The molecule has 0 amide bonds. The van der Waals surface area contributed by atoms with E-state index in [4.69, 9.17) is 11.6 Å². The van der Waals surface area contributed by atoms with E-state index in [0.717, 1.165) is 5.69 Å². The smallest absolute Gasteiger partial charge is 0.134 e. The van der Waals surface area contributed by atoms with Gasteiger partial charge in [0.2, 0.25) is 0 Å². The largest absolute Gasteiger partial charge is 0.206 e. The normalized spacial score (nSPS) is 10.3. The molecule has 2 nitrogen and oxygen atoms in total. The van der Waals surface area contributed by atoms with Crippen LogP contribution < -0.4 is 0 Å². The Bertz CT molecular complexity index is 482. The highest BCUT2D eigenvalue weighted by molar-refractivity contribution is 6.30. The second-order valence-electron chi connectivity index (χ2n) is 3.18. The van der Waals surface area contributed by atoms with Gasteiger partial charge >= 0.3 is 0 Å². The fourth-order valence-electron chi connectivity index (χ4n) is 1.24. The number of halogens is 2. The van der Waals surface area contributed by atoms with Crippen LogP contribution in [0.5, 0.6) is 0 Å². The van der Waals surface area contributed by atoms with Crippen LogP contribution in [-0.4, -0.2) is 10.2 Å². The summed E-state index contributed by atoms with van der Waals surface area (Å²) in [5.74, 6) is -0.388. The topological polar surface area (TPSA) is 25.8 Å². The van der Waals surface area contributed by atoms with E-state index in [1.807, 2.05) is 6.92 Å². The maximum absolute atomic E-state index is 13.5. The van der Waals surface area contributed by atoms with Crippen molar-refractivity contribution in [2.24, 2.45) is 0 Å². The lowest BCUT2D eigenvalue weighted by Gasteiger charge is -2.02. The fraction of sp³-hybridized carbons (Fsp3) is 0.0909. The Balaban J connectivity index is 2.49. The van der Waals surface area contributed by atoms with Crippen LogP contribution in [0.3, 0.4) is 0 Å². The summed E-state index contributed by atoms with van der Waals surface area (Å²) >= 11 is 5.65. The zero-order chi connectivity index (χ0) is 10.8. The molecule has 1 aromatic heterocycles. The third kappa shape index (κ3) is 2.13. The summed E-state index contributed by atoms with van der Waals surface area (Å²) in [7, 11) is 0. The summed E-state index contributed by atoms with van der Waals surface area (Å²) in [4.78, 5) is 0. The lowest BCUT2D eigenvalue weighted by atomic mass is 10.1. The van der Waals surface area contributed by atoms with Crippen LogP contribution >= 0.6 is 11.6 Å². The van der Waals surface area contributed by atoms with Crippen molar-refractivity contribution >= 4 is 11.6 Å². The van der Waals surface area contributed by atoms with Gasteiger partial charge in [-0.05, 0) is 37.3 Å². The van der Waals surface area contributed by atoms with Crippen LogP contribution in [0.25, 0.3) is 11.3 Å². The van der Waals surface area contributed by atoms with E-state index in [2.05, 4.69) is 10.2 Å². The highest BCUT2D eigenvalue weighted by Gasteiger charge is 2.06. The number of nitrogens with zero attached hydrogens (tertiary/aromatic N) is 2. The van der Waals surface area contributed by atoms with Crippen LogP contribution in [0.2, 0.25) is 5.02 Å². The number of aromatic nitrogens is 2. The molecular weight excluding hydrogens is 215 g/mol. The number of aryl methyl sites for hydroxylation is 1. The zero-order valence-electron chi connectivity index (χ0n) is 8.04. The third-order valence-electron chi connectivity index (χ3n) is 2.00. The summed E-state index contributed by atoms with van der Waals surface area (Å²) in [6.45, 7) is 1.83. The average molecular weight is 223 g/mol. The second-order valence-corrected chi connectivity index (χ2v) is 3.62. The molecule has 2 rings (SSSR count). The highest BCUT2D eigenvalue weighted by Crippen LogP contribution is 2.23. The van der Waals surface area contributed by atoms with Crippen molar-refractivity contribution in [1.29, 1.82) is 0 Å². The Morgan fingerprint density at radius 1 is 1.13 bits per heavy atom. The Kier molecular flexibility index (Phi) is 2.64. The molecule has 0 bridgehead atoms. The molecule has 4 heteroatoms. The molecule has 2 aromatic rings. The monoisotopic (exact) mass is 222 g/mol. The maximum Gasteiger partial charge on any atom is 0.134 e. The molecule has 0 atom stereocenters. The fourth-order valence-corrected chi connectivity index (χ4v) is 1.40. The Labute approximate surface area is 91.7 Å². The minimum absolute atomic E-state index is 0.372. The number of hydrogen-bond acceptors (Lipinski definition) is 2. The molecule has 0 fully saturated rings. The van der Waals surface area contributed by atoms with Crippen molar-refractivity contribution in [2.45, 2.75) is 6.92 Å². The second kappa shape index (κ2) is 3.95. The van der Waals surface area contributed by atoms with E-state index in [1.165, 1.54) is 6.07 Å². The summed E-state index contributed by atoms with van der Waals surface area (Å²) in [6.07, 6.45) is 0. The van der Waals surface area contributed by atoms with Gasteiger partial charge in [-0.15, -0.1) is 0 Å². The molecule has 0 aliphatic carbocycles. The van der Waals surface area contributed by atoms with Crippen LogP contribution in [0.1, 0.15) is 5.69 Å². The molecule has 1 aromatic carbocycles. The summed E-state index contributed by atoms with van der Waals surface area (Å²) in [6, 6.07) is 8.00. The lowest BCUT2D eigenvalue weighted by Crippen LogP contribution is -1.91. The van der Waals surface area contributed by atoms with E-state index in [9.17, 15) is 4.39 Å². The maximum atomic E-state index is 13.5. The molecule has 1 heterocycles. The van der Waals surface area contributed by atoms with E-state index in [1.54, 1.807) is 24.3 Å². The molecule has 0 radical (unpaired) electrons. The first-order chi connectivity index (χ1) is 7.16. The third-order valence-corrected chi connectivity index (χ3v) is 2.24. The predicted octanol–water partition coefficient (Wildman–Crippen LogP) is 3.24. The average Bonchev–Trinajstić information content (AvgIpc) is 2.20. The molecule has 0 unspecified atom stereocenters. The molecule has 15 heavy (non-hydrogen) atoms. The van der Waals surface area contributed by atoms with Crippen LogP contribution in [0, 0.1) is 12.7 Å². The van der Waals surface area contributed by atoms with Crippen molar-refractivity contribution in [3.63, 3.8) is 0 Å². The molecule has 0 aliphatic rings. The van der Waals surface area contributed by atoms with Gasteiger partial charge in [-0.1, -0.05) is 11.6 Å². The standard InChI is InChI=1S/C11H8ClFN2/c1-7-2-5-11(15-14-7)9-4-3-8(12)6-10(9)13/h2-6H,1H3. The van der Waals surface area contributed by atoms with Gasteiger partial charge in [-0.2, -0.15) is 10.2 Å². The summed E-state index contributed by atoms with van der Waals surface area (Å²) in [5, 5.41) is 8.15. The van der Waals surface area contributed by atoms with Crippen molar-refractivity contribution in [3.8, 4) is 11.3 Å². The molecule has 0 saturated heterocycles. The van der Waals surface area contributed by atoms with Gasteiger partial charge in [-0.3, -0.25) is 0 Å². The highest BCUT2D eigenvalue weighted by atomic mass is 35.5. The first kappa shape index (κ1) is 10.1. The van der Waals surface area contributed by atoms with Crippen molar-refractivity contribution < 1.29 is 4.39 Å². The van der Waals surface area contributed by atoms with Crippen molar-refractivity contribution in [3.05, 3.63) is 46.9 Å². The zero-order valence-corrected chi connectivity index (χ0v) is 8.79. The first-order valence-corrected chi connectivity index (χ1v) is 4.80. The predicted molar refractivity (Wildman–Crippen MR) is 57.2 cm³/mol. The van der Waals surface area contributed by atoms with Gasteiger partial charge in [0.05, 0.1) is 11.4 Å². The molecule has 76 valence electrons. The van der Waals surface area contributed by atoms with Gasteiger partial charge in [0.25, 0.3) is 0 Å². The molecule has 0 aliphatic heterocycles. The number of hydrogen-bond donors (Lipinski definition) is 0. The first-order valence-electron chi connectivity index (χ1n) is 4.42. The van der Waals surface area contributed by atoms with Crippen molar-refractivity contribution in [2.75, 3.05) is 0 Å². The van der Waals surface area contributed by atoms with E-state index >= 15 is 0 Å². The molecule has 0 saturated carbocycles. The molecular formula is C11H8ClFN2. The Morgan fingerprint density at radius 3 is 2.53 bits per heavy atom. The molecule has 0 N–H and O–H groups in total. The summed E-state index contributed by atoms with van der Waals surface area (Å²) < 4.78 is 13.5. The SMILES string of the molecule is Cc1ccc(-c2ccc(Cl)cc2F)nn1. The van der Waals surface area contributed by atoms with Crippen LogP contribution in [0.15, 0.2) is 30.3 Å². The minimum atomic E-state index is -0.388. The van der Waals surface area contributed by atoms with Gasteiger partial charge in [0.15, 0.2) is 0 Å². The van der Waals surface area contributed by atoms with Crippen molar-refractivity contribution in [1.82, 2.24) is 10.2 Å². The lowest BCUT2D eigenvalue weighted by molar-refractivity contribution is 0.630. The van der Waals surface area contributed by atoms with Crippen LogP contribution in [-0.2, 0) is 0 Å².